The molecule has 0 bridgehead atoms. The van der Waals surface area contributed by atoms with Crippen LogP contribution in [0.1, 0.15) is 25.1 Å². The third-order valence-electron chi connectivity index (χ3n) is 5.66. The number of hydrogen-bond donors (Lipinski definition) is 3. The Hall–Kier alpha value is -2.65. The van der Waals surface area contributed by atoms with E-state index in [1.54, 1.807) is 4.90 Å². The molecule has 1 atom stereocenters. The molecule has 1 unspecified atom stereocenters. The molecule has 2 aromatic rings. The molecular weight excluding hydrogens is 406 g/mol. The summed E-state index contributed by atoms with van der Waals surface area (Å²) in [6.45, 7) is 2.16. The number of anilines is 3. The number of amides is 1. The minimum atomic E-state index is 0. The Morgan fingerprint density at radius 3 is 2.80 bits per heavy atom. The molecule has 162 valence electrons. The van der Waals surface area contributed by atoms with Crippen molar-refractivity contribution in [1.29, 1.82) is 0 Å². The predicted octanol–water partition coefficient (Wildman–Crippen LogP) is 1.85. The van der Waals surface area contributed by atoms with Gasteiger partial charge in [-0.15, -0.1) is 12.4 Å². The van der Waals surface area contributed by atoms with Crippen LogP contribution in [0.25, 0.3) is 0 Å². The molecule has 1 aromatic heterocycles. The number of benzene rings is 1. The van der Waals surface area contributed by atoms with E-state index in [9.17, 15) is 4.79 Å². The molecule has 4 N–H and O–H groups in total. The molecule has 4 rings (SSSR count). The number of halogens is 1. The van der Waals surface area contributed by atoms with Crippen LogP contribution in [-0.4, -0.2) is 48.0 Å². The summed E-state index contributed by atoms with van der Waals surface area (Å²) in [6, 6.07) is 7.36. The molecule has 0 radical (unpaired) electrons. The van der Waals surface area contributed by atoms with Crippen LogP contribution in [0.4, 0.5) is 17.6 Å². The van der Waals surface area contributed by atoms with E-state index in [0.717, 1.165) is 38.0 Å². The lowest BCUT2D eigenvalue weighted by Crippen LogP contribution is -2.31. The fourth-order valence-electron chi connectivity index (χ4n) is 3.93. The van der Waals surface area contributed by atoms with Gasteiger partial charge in [0.15, 0.2) is 5.82 Å². The lowest BCUT2D eigenvalue weighted by molar-refractivity contribution is -0.118. The second-order valence-corrected chi connectivity index (χ2v) is 7.98. The number of nitrogens with one attached hydrogen (secondary N) is 2. The number of carbonyl (C=O) groups excluding carboxylic acids is 1. The van der Waals surface area contributed by atoms with E-state index >= 15 is 0 Å². The van der Waals surface area contributed by atoms with Gasteiger partial charge in [-0.3, -0.25) is 4.79 Å². The van der Waals surface area contributed by atoms with Gasteiger partial charge in [-0.1, -0.05) is 6.07 Å². The zero-order chi connectivity index (χ0) is 20.4. The Morgan fingerprint density at radius 1 is 1.30 bits per heavy atom. The third kappa shape index (κ3) is 4.91. The number of aromatic nitrogens is 3. The molecule has 1 aliphatic heterocycles. The first-order valence-corrected chi connectivity index (χ1v) is 9.87. The van der Waals surface area contributed by atoms with Crippen molar-refractivity contribution in [1.82, 2.24) is 20.3 Å². The van der Waals surface area contributed by atoms with Gasteiger partial charge >= 0.3 is 0 Å². The molecule has 1 amide bonds. The first-order valence-electron chi connectivity index (χ1n) is 9.87. The molecular formula is C20H28ClN7O2. The molecule has 1 saturated heterocycles. The number of nitrogens with two attached hydrogens (primary N) is 1. The highest BCUT2D eigenvalue weighted by molar-refractivity contribution is 5.95. The van der Waals surface area contributed by atoms with Crippen molar-refractivity contribution >= 4 is 35.9 Å². The number of nitrogens with zero attached hydrogens (tertiary/aromatic N) is 4. The fraction of sp³-hybridized carbons (Fsp3) is 0.500. The Kier molecular flexibility index (Phi) is 6.62. The van der Waals surface area contributed by atoms with Crippen LogP contribution in [0.2, 0.25) is 0 Å². The van der Waals surface area contributed by atoms with Crippen molar-refractivity contribution in [2.75, 3.05) is 43.1 Å². The van der Waals surface area contributed by atoms with Crippen LogP contribution in [0.5, 0.6) is 5.75 Å². The highest BCUT2D eigenvalue weighted by atomic mass is 35.5. The van der Waals surface area contributed by atoms with Crippen molar-refractivity contribution in [2.24, 2.45) is 11.3 Å². The van der Waals surface area contributed by atoms with Gasteiger partial charge in [0.2, 0.25) is 17.8 Å². The van der Waals surface area contributed by atoms with Crippen LogP contribution >= 0.6 is 12.4 Å². The molecule has 10 heteroatoms. The van der Waals surface area contributed by atoms with E-state index in [4.69, 9.17) is 10.5 Å². The summed E-state index contributed by atoms with van der Waals surface area (Å²) in [5.74, 6) is 1.92. The van der Waals surface area contributed by atoms with Crippen LogP contribution < -0.4 is 26.0 Å². The lowest BCUT2D eigenvalue weighted by atomic mass is 9.92. The Labute approximate surface area is 182 Å². The molecule has 1 saturated carbocycles. The Balaban J connectivity index is 0.00000256. The van der Waals surface area contributed by atoms with E-state index in [1.807, 2.05) is 38.4 Å². The van der Waals surface area contributed by atoms with Gasteiger partial charge in [0.05, 0.1) is 0 Å². The maximum Gasteiger partial charge on any atom is 0.230 e. The number of carbonyl (C=O) groups is 1. The van der Waals surface area contributed by atoms with Crippen molar-refractivity contribution in [3.8, 4) is 5.75 Å². The zero-order valence-electron chi connectivity index (χ0n) is 17.2. The third-order valence-corrected chi connectivity index (χ3v) is 5.66. The average molecular weight is 434 g/mol. The largest absolute Gasteiger partial charge is 0.486 e. The van der Waals surface area contributed by atoms with E-state index in [1.165, 1.54) is 0 Å². The van der Waals surface area contributed by atoms with E-state index in [0.29, 0.717) is 17.5 Å². The van der Waals surface area contributed by atoms with Crippen LogP contribution in [0.3, 0.4) is 0 Å². The number of piperidine rings is 1. The second-order valence-electron chi connectivity index (χ2n) is 7.98. The molecule has 1 aliphatic carbocycles. The average Bonchev–Trinajstić information content (AvgIpc) is 3.39. The maximum absolute atomic E-state index is 12.7. The van der Waals surface area contributed by atoms with Crippen molar-refractivity contribution in [2.45, 2.75) is 25.9 Å². The summed E-state index contributed by atoms with van der Waals surface area (Å²) >= 11 is 0. The van der Waals surface area contributed by atoms with Gasteiger partial charge in [0.25, 0.3) is 0 Å². The summed E-state index contributed by atoms with van der Waals surface area (Å²) in [7, 11) is 3.67. The summed E-state index contributed by atoms with van der Waals surface area (Å²) in [4.78, 5) is 26.9. The first kappa shape index (κ1) is 22.0. The molecule has 1 aromatic carbocycles. The van der Waals surface area contributed by atoms with Gasteiger partial charge in [0.1, 0.15) is 12.4 Å². The topological polar surface area (TPSA) is 118 Å². The molecule has 2 fully saturated rings. The second kappa shape index (κ2) is 9.01. The first-order chi connectivity index (χ1) is 13.9. The smallest absolute Gasteiger partial charge is 0.230 e. The predicted molar refractivity (Wildman–Crippen MR) is 118 cm³/mol. The summed E-state index contributed by atoms with van der Waals surface area (Å²) < 4.78 is 5.80. The normalized spacial score (nSPS) is 18.9. The van der Waals surface area contributed by atoms with Gasteiger partial charge in [-0.05, 0) is 49.9 Å². The van der Waals surface area contributed by atoms with Crippen LogP contribution in [-0.2, 0) is 11.4 Å². The fourth-order valence-corrected chi connectivity index (χ4v) is 3.93. The highest BCUT2D eigenvalue weighted by Gasteiger charge is 2.57. The van der Waals surface area contributed by atoms with E-state index < -0.39 is 0 Å². The summed E-state index contributed by atoms with van der Waals surface area (Å²) in [5.41, 5.74) is 6.69. The van der Waals surface area contributed by atoms with Gasteiger partial charge < -0.3 is 26.0 Å². The van der Waals surface area contributed by atoms with Crippen LogP contribution in [0, 0.1) is 11.3 Å². The van der Waals surface area contributed by atoms with Crippen molar-refractivity contribution in [3.05, 3.63) is 30.1 Å². The van der Waals surface area contributed by atoms with Crippen molar-refractivity contribution < 1.29 is 9.53 Å². The number of ether oxygens (including phenoxy) is 1. The van der Waals surface area contributed by atoms with E-state index in [-0.39, 0.29) is 42.2 Å². The molecule has 2 aliphatic rings. The van der Waals surface area contributed by atoms with Crippen molar-refractivity contribution in [3.63, 3.8) is 0 Å². The summed E-state index contributed by atoms with van der Waals surface area (Å²) in [5, 5.41) is 6.40. The molecule has 1 spiro atoms. The quantitative estimate of drug-likeness (QED) is 0.631. The monoisotopic (exact) mass is 433 g/mol. The standard InChI is InChI=1S/C20H27N7O2.ClH/c1-27(2)19-25-16(24-18(21)26-19)12-29-14-5-3-4-13(10-14)23-17(28)15-11-20(15)6-8-22-9-7-20;/h3-5,10,15,22H,6-9,11-12H2,1-2H3,(H,23,28)(H2,21,24,25,26);1H. The summed E-state index contributed by atoms with van der Waals surface area (Å²) in [6.07, 6.45) is 3.15. The number of rotatable bonds is 6. The lowest BCUT2D eigenvalue weighted by Gasteiger charge is -2.23. The van der Waals surface area contributed by atoms with E-state index in [2.05, 4.69) is 25.6 Å². The SMILES string of the molecule is CN(C)c1nc(N)nc(COc2cccc(NC(=O)C3CC34CCNCC4)c2)n1.Cl. The van der Waals surface area contributed by atoms with Crippen LogP contribution in [0.15, 0.2) is 24.3 Å². The van der Waals surface area contributed by atoms with Gasteiger partial charge in [-0.2, -0.15) is 15.0 Å². The Bertz CT molecular complexity index is 902. The van der Waals surface area contributed by atoms with Gasteiger partial charge in [0, 0.05) is 31.8 Å². The minimum absolute atomic E-state index is 0. The minimum Gasteiger partial charge on any atom is -0.486 e. The number of nitrogen functional groups attached to an aromatic ring is 1. The maximum atomic E-state index is 12.7. The molecule has 30 heavy (non-hydrogen) atoms. The Morgan fingerprint density at radius 2 is 2.07 bits per heavy atom. The highest BCUT2D eigenvalue weighted by Crippen LogP contribution is 2.58. The zero-order valence-corrected chi connectivity index (χ0v) is 18.0. The molecule has 2 heterocycles. The molecule has 9 nitrogen and oxygen atoms in total. The van der Waals surface area contributed by atoms with Gasteiger partial charge in [-0.25, -0.2) is 0 Å². The number of hydrogen-bond acceptors (Lipinski definition) is 8.